The smallest absolute Gasteiger partial charge is 0.251 e. The van der Waals surface area contributed by atoms with Crippen LogP contribution in [0.2, 0.25) is 5.02 Å². The number of hydrogen-bond acceptors (Lipinski definition) is 3. The maximum Gasteiger partial charge on any atom is 0.251 e. The molecular formula is C21H36ClN5O. The van der Waals surface area contributed by atoms with Crippen LogP contribution < -0.4 is 16.0 Å². The number of nitrogens with zero attached hydrogens (tertiary/aromatic N) is 2. The fourth-order valence-electron chi connectivity index (χ4n) is 2.83. The predicted molar refractivity (Wildman–Crippen MR) is 119 cm³/mol. The van der Waals surface area contributed by atoms with Crippen molar-refractivity contribution >= 4 is 23.5 Å². The van der Waals surface area contributed by atoms with Gasteiger partial charge in [-0.05, 0) is 70.6 Å². The molecular weight excluding hydrogens is 374 g/mol. The fourth-order valence-corrected chi connectivity index (χ4v) is 2.95. The van der Waals surface area contributed by atoms with Crippen LogP contribution in [0.5, 0.6) is 0 Å². The summed E-state index contributed by atoms with van der Waals surface area (Å²) in [4.78, 5) is 19.1. The van der Waals surface area contributed by atoms with Gasteiger partial charge in [0.15, 0.2) is 5.96 Å². The Labute approximate surface area is 175 Å². The van der Waals surface area contributed by atoms with Crippen molar-refractivity contribution in [2.24, 2.45) is 4.99 Å². The zero-order valence-corrected chi connectivity index (χ0v) is 18.5. The van der Waals surface area contributed by atoms with Crippen LogP contribution in [-0.4, -0.2) is 62.1 Å². The van der Waals surface area contributed by atoms with E-state index in [1.165, 1.54) is 0 Å². The van der Waals surface area contributed by atoms with Gasteiger partial charge in [0.25, 0.3) is 5.91 Å². The molecule has 158 valence electrons. The van der Waals surface area contributed by atoms with E-state index in [9.17, 15) is 4.79 Å². The zero-order valence-electron chi connectivity index (χ0n) is 17.7. The van der Waals surface area contributed by atoms with Gasteiger partial charge in [-0.1, -0.05) is 25.4 Å². The average Bonchev–Trinajstić information content (AvgIpc) is 2.69. The summed E-state index contributed by atoms with van der Waals surface area (Å²) >= 11 is 5.85. The van der Waals surface area contributed by atoms with E-state index in [1.54, 1.807) is 24.3 Å². The molecule has 0 saturated carbocycles. The van der Waals surface area contributed by atoms with E-state index < -0.39 is 0 Å². The van der Waals surface area contributed by atoms with Gasteiger partial charge in [0.05, 0.1) is 6.54 Å². The molecule has 1 aromatic rings. The van der Waals surface area contributed by atoms with E-state index in [0.717, 1.165) is 45.0 Å². The Hall–Kier alpha value is -1.79. The summed E-state index contributed by atoms with van der Waals surface area (Å²) in [6.45, 7) is 13.8. The quantitative estimate of drug-likeness (QED) is 0.282. The molecule has 0 bridgehead atoms. The Balaban J connectivity index is 2.37. The SMILES string of the molecule is CCNC(=NCCNC(=O)c1ccc(Cl)cc1)NC(C)CCCN(CC)CC. The Morgan fingerprint density at radius 2 is 1.82 bits per heavy atom. The fraction of sp³-hybridized carbons (Fsp3) is 0.619. The molecule has 1 atom stereocenters. The third kappa shape index (κ3) is 9.95. The Kier molecular flexibility index (Phi) is 12.3. The summed E-state index contributed by atoms with van der Waals surface area (Å²) in [6, 6.07) is 7.20. The molecule has 1 amide bonds. The van der Waals surface area contributed by atoms with Crippen molar-refractivity contribution in [1.82, 2.24) is 20.9 Å². The van der Waals surface area contributed by atoms with E-state index in [0.29, 0.717) is 29.7 Å². The second kappa shape index (κ2) is 14.2. The number of amides is 1. The number of hydrogen-bond donors (Lipinski definition) is 3. The van der Waals surface area contributed by atoms with E-state index in [4.69, 9.17) is 11.6 Å². The number of carbonyl (C=O) groups excluding carboxylic acids is 1. The third-order valence-electron chi connectivity index (χ3n) is 4.51. The molecule has 0 aromatic heterocycles. The first-order valence-corrected chi connectivity index (χ1v) is 10.7. The molecule has 6 nitrogen and oxygen atoms in total. The van der Waals surface area contributed by atoms with Crippen LogP contribution in [0.4, 0.5) is 0 Å². The molecule has 0 aliphatic carbocycles. The summed E-state index contributed by atoms with van der Waals surface area (Å²) in [5.41, 5.74) is 0.597. The number of rotatable bonds is 12. The van der Waals surface area contributed by atoms with Crippen molar-refractivity contribution in [2.45, 2.75) is 46.6 Å². The van der Waals surface area contributed by atoms with Crippen molar-refractivity contribution in [3.63, 3.8) is 0 Å². The summed E-state index contributed by atoms with van der Waals surface area (Å²) in [7, 11) is 0. The maximum atomic E-state index is 12.1. The van der Waals surface area contributed by atoms with Gasteiger partial charge >= 0.3 is 0 Å². The Morgan fingerprint density at radius 1 is 1.14 bits per heavy atom. The number of carbonyl (C=O) groups is 1. The van der Waals surface area contributed by atoms with Gasteiger partial charge in [-0.15, -0.1) is 0 Å². The van der Waals surface area contributed by atoms with Crippen LogP contribution >= 0.6 is 11.6 Å². The number of benzene rings is 1. The molecule has 1 unspecified atom stereocenters. The number of halogens is 1. The van der Waals surface area contributed by atoms with E-state index >= 15 is 0 Å². The third-order valence-corrected chi connectivity index (χ3v) is 4.76. The van der Waals surface area contributed by atoms with E-state index in [2.05, 4.69) is 46.6 Å². The van der Waals surface area contributed by atoms with Gasteiger partial charge in [-0.2, -0.15) is 0 Å². The maximum absolute atomic E-state index is 12.1. The molecule has 0 heterocycles. The van der Waals surface area contributed by atoms with Gasteiger partial charge in [-0.25, -0.2) is 0 Å². The van der Waals surface area contributed by atoms with Gasteiger partial charge < -0.3 is 20.9 Å². The summed E-state index contributed by atoms with van der Waals surface area (Å²) < 4.78 is 0. The van der Waals surface area contributed by atoms with E-state index in [-0.39, 0.29) is 5.91 Å². The molecule has 0 saturated heterocycles. The van der Waals surface area contributed by atoms with Crippen molar-refractivity contribution < 1.29 is 4.79 Å². The van der Waals surface area contributed by atoms with Gasteiger partial charge in [0.2, 0.25) is 0 Å². The van der Waals surface area contributed by atoms with Crippen LogP contribution in [0.25, 0.3) is 0 Å². The molecule has 0 aliphatic rings. The summed E-state index contributed by atoms with van der Waals surface area (Å²) in [5.74, 6) is 0.674. The summed E-state index contributed by atoms with van der Waals surface area (Å²) in [5, 5.41) is 10.2. The van der Waals surface area contributed by atoms with Crippen LogP contribution in [0.1, 0.15) is 50.9 Å². The lowest BCUT2D eigenvalue weighted by Crippen LogP contribution is -2.43. The number of guanidine groups is 1. The predicted octanol–water partition coefficient (Wildman–Crippen LogP) is 3.14. The number of nitrogens with one attached hydrogen (secondary N) is 3. The first kappa shape index (κ1) is 24.2. The number of aliphatic imine (C=N–C) groups is 1. The molecule has 1 aromatic carbocycles. The standard InChI is InChI=1S/C21H36ClN5O/c1-5-23-21(26-17(4)9-8-16-27(6-2)7-3)25-15-14-24-20(28)18-10-12-19(22)13-11-18/h10-13,17H,5-9,14-16H2,1-4H3,(H,24,28)(H2,23,25,26). The highest BCUT2D eigenvalue weighted by atomic mass is 35.5. The highest BCUT2D eigenvalue weighted by Gasteiger charge is 2.07. The lowest BCUT2D eigenvalue weighted by molar-refractivity contribution is 0.0955. The molecule has 3 N–H and O–H groups in total. The Morgan fingerprint density at radius 3 is 2.43 bits per heavy atom. The minimum Gasteiger partial charge on any atom is -0.357 e. The van der Waals surface area contributed by atoms with Crippen molar-refractivity contribution in [3.05, 3.63) is 34.9 Å². The molecule has 7 heteroatoms. The molecule has 1 rings (SSSR count). The second-order valence-electron chi connectivity index (χ2n) is 6.74. The normalized spacial score (nSPS) is 12.7. The topological polar surface area (TPSA) is 68.8 Å². The van der Waals surface area contributed by atoms with Crippen LogP contribution in [0.3, 0.4) is 0 Å². The molecule has 28 heavy (non-hydrogen) atoms. The summed E-state index contributed by atoms with van der Waals surface area (Å²) in [6.07, 6.45) is 2.25. The molecule has 0 radical (unpaired) electrons. The van der Waals surface area contributed by atoms with Gasteiger partial charge in [0.1, 0.15) is 0 Å². The van der Waals surface area contributed by atoms with Gasteiger partial charge in [-0.3, -0.25) is 9.79 Å². The van der Waals surface area contributed by atoms with Crippen molar-refractivity contribution in [1.29, 1.82) is 0 Å². The first-order valence-electron chi connectivity index (χ1n) is 10.3. The highest BCUT2D eigenvalue weighted by Crippen LogP contribution is 2.09. The molecule has 0 fully saturated rings. The molecule has 0 aliphatic heterocycles. The zero-order chi connectivity index (χ0) is 20.8. The Bertz CT molecular complexity index is 587. The lowest BCUT2D eigenvalue weighted by Gasteiger charge is -2.21. The van der Waals surface area contributed by atoms with Crippen molar-refractivity contribution in [2.75, 3.05) is 39.3 Å². The van der Waals surface area contributed by atoms with Crippen LogP contribution in [0.15, 0.2) is 29.3 Å². The van der Waals surface area contributed by atoms with Crippen LogP contribution in [0, 0.1) is 0 Å². The minimum atomic E-state index is -0.116. The second-order valence-corrected chi connectivity index (χ2v) is 7.17. The van der Waals surface area contributed by atoms with Gasteiger partial charge in [0, 0.05) is 29.7 Å². The van der Waals surface area contributed by atoms with Crippen molar-refractivity contribution in [3.8, 4) is 0 Å². The largest absolute Gasteiger partial charge is 0.357 e. The first-order chi connectivity index (χ1) is 13.5. The average molecular weight is 410 g/mol. The monoisotopic (exact) mass is 409 g/mol. The van der Waals surface area contributed by atoms with E-state index in [1.807, 2.05) is 6.92 Å². The minimum absolute atomic E-state index is 0.116. The highest BCUT2D eigenvalue weighted by molar-refractivity contribution is 6.30. The van der Waals surface area contributed by atoms with Crippen LogP contribution in [-0.2, 0) is 0 Å². The lowest BCUT2D eigenvalue weighted by atomic mass is 10.2. The molecule has 0 spiro atoms.